The molecule has 1 aromatic carbocycles. The van der Waals surface area contributed by atoms with E-state index >= 15 is 0 Å². The van der Waals surface area contributed by atoms with Crippen LogP contribution in [-0.4, -0.2) is 64.6 Å². The summed E-state index contributed by atoms with van der Waals surface area (Å²) in [5, 5.41) is 0.945. The summed E-state index contributed by atoms with van der Waals surface area (Å²) < 4.78 is 7.58. The number of imidazole rings is 1. The average Bonchev–Trinajstić information content (AvgIpc) is 3.13. The third kappa shape index (κ3) is 5.11. The van der Waals surface area contributed by atoms with Crippen molar-refractivity contribution in [3.63, 3.8) is 0 Å². The van der Waals surface area contributed by atoms with Crippen LogP contribution >= 0.6 is 23.2 Å². The zero-order valence-electron chi connectivity index (χ0n) is 13.8. The van der Waals surface area contributed by atoms with Gasteiger partial charge in [0.2, 0.25) is 0 Å². The lowest BCUT2D eigenvalue weighted by Gasteiger charge is -2.34. The largest absolute Gasteiger partial charge is 0.482 e. The van der Waals surface area contributed by atoms with Crippen LogP contribution in [0.3, 0.4) is 0 Å². The highest BCUT2D eigenvalue weighted by atomic mass is 35.5. The second-order valence-electron chi connectivity index (χ2n) is 5.89. The van der Waals surface area contributed by atoms with Crippen molar-refractivity contribution >= 4 is 29.1 Å². The molecule has 0 N–H and O–H groups in total. The summed E-state index contributed by atoms with van der Waals surface area (Å²) in [6, 6.07) is 4.96. The normalized spacial score (nSPS) is 15.4. The second kappa shape index (κ2) is 8.56. The van der Waals surface area contributed by atoms with Gasteiger partial charge in [-0.2, -0.15) is 0 Å². The van der Waals surface area contributed by atoms with Gasteiger partial charge in [0.25, 0.3) is 5.91 Å². The van der Waals surface area contributed by atoms with E-state index in [-0.39, 0.29) is 12.5 Å². The molecule has 0 unspecified atom stereocenters. The molecule has 0 atom stereocenters. The third-order valence-corrected chi connectivity index (χ3v) is 4.73. The van der Waals surface area contributed by atoms with Gasteiger partial charge in [0.15, 0.2) is 6.61 Å². The molecule has 0 saturated carbocycles. The number of hydrogen-bond donors (Lipinski definition) is 0. The van der Waals surface area contributed by atoms with Crippen molar-refractivity contribution in [2.45, 2.75) is 6.54 Å². The number of benzene rings is 1. The van der Waals surface area contributed by atoms with Gasteiger partial charge >= 0.3 is 0 Å². The summed E-state index contributed by atoms with van der Waals surface area (Å²) in [7, 11) is 0. The maximum absolute atomic E-state index is 12.3. The van der Waals surface area contributed by atoms with Gasteiger partial charge in [0.1, 0.15) is 5.75 Å². The Hall–Kier alpha value is -1.76. The number of rotatable bonds is 6. The van der Waals surface area contributed by atoms with Crippen molar-refractivity contribution < 1.29 is 9.53 Å². The van der Waals surface area contributed by atoms with Crippen LogP contribution in [0.5, 0.6) is 5.75 Å². The van der Waals surface area contributed by atoms with Gasteiger partial charge in [-0.05, 0) is 18.2 Å². The first-order chi connectivity index (χ1) is 12.1. The molecule has 1 fully saturated rings. The van der Waals surface area contributed by atoms with Crippen LogP contribution in [0.1, 0.15) is 0 Å². The molecule has 25 heavy (non-hydrogen) atoms. The number of carbonyl (C=O) groups is 1. The lowest BCUT2D eigenvalue weighted by atomic mass is 10.3. The minimum Gasteiger partial charge on any atom is -0.482 e. The Balaban J connectivity index is 1.40. The summed E-state index contributed by atoms with van der Waals surface area (Å²) >= 11 is 11.9. The molecule has 6 nitrogen and oxygen atoms in total. The Morgan fingerprint density at radius 3 is 2.64 bits per heavy atom. The van der Waals surface area contributed by atoms with Crippen molar-refractivity contribution in [3.05, 3.63) is 47.0 Å². The molecule has 1 aliphatic heterocycles. The summed E-state index contributed by atoms with van der Waals surface area (Å²) in [6.07, 6.45) is 5.56. The molecular formula is C17H20Cl2N4O2. The topological polar surface area (TPSA) is 50.6 Å². The van der Waals surface area contributed by atoms with E-state index in [1.54, 1.807) is 24.4 Å². The summed E-state index contributed by atoms with van der Waals surface area (Å²) in [5.41, 5.74) is 0. The van der Waals surface area contributed by atoms with Crippen LogP contribution in [0, 0.1) is 0 Å². The summed E-state index contributed by atoms with van der Waals surface area (Å²) in [6.45, 7) is 4.99. The number of amides is 1. The molecule has 0 radical (unpaired) electrons. The SMILES string of the molecule is O=C(COc1ccc(Cl)cc1Cl)N1CCN(CCn2ccnc2)CC1. The highest BCUT2D eigenvalue weighted by molar-refractivity contribution is 6.35. The number of ether oxygens (including phenoxy) is 1. The predicted octanol–water partition coefficient (Wildman–Crippen LogP) is 2.41. The number of aromatic nitrogens is 2. The average molecular weight is 383 g/mol. The minimum absolute atomic E-state index is 0.0175. The van der Waals surface area contributed by atoms with Gasteiger partial charge in [0.05, 0.1) is 11.3 Å². The fourth-order valence-electron chi connectivity index (χ4n) is 2.72. The first-order valence-corrected chi connectivity index (χ1v) is 8.91. The number of halogens is 2. The fourth-order valence-corrected chi connectivity index (χ4v) is 3.18. The highest BCUT2D eigenvalue weighted by Gasteiger charge is 2.21. The lowest BCUT2D eigenvalue weighted by molar-refractivity contribution is -0.135. The maximum Gasteiger partial charge on any atom is 0.260 e. The van der Waals surface area contributed by atoms with Gasteiger partial charge in [-0.15, -0.1) is 0 Å². The molecule has 1 aromatic heterocycles. The monoisotopic (exact) mass is 382 g/mol. The van der Waals surface area contributed by atoms with Crippen LogP contribution in [-0.2, 0) is 11.3 Å². The Morgan fingerprint density at radius 2 is 1.96 bits per heavy atom. The predicted molar refractivity (Wildman–Crippen MR) is 97.2 cm³/mol. The summed E-state index contributed by atoms with van der Waals surface area (Å²) in [5.74, 6) is 0.443. The molecule has 1 saturated heterocycles. The van der Waals surface area contributed by atoms with E-state index in [4.69, 9.17) is 27.9 Å². The van der Waals surface area contributed by atoms with Crippen LogP contribution in [0.25, 0.3) is 0 Å². The smallest absolute Gasteiger partial charge is 0.260 e. The lowest BCUT2D eigenvalue weighted by Crippen LogP contribution is -2.50. The first kappa shape index (κ1) is 18.0. The fraction of sp³-hybridized carbons (Fsp3) is 0.412. The number of carbonyl (C=O) groups excluding carboxylic acids is 1. The van der Waals surface area contributed by atoms with Crippen molar-refractivity contribution in [1.29, 1.82) is 0 Å². The molecule has 2 aromatic rings. The molecule has 3 rings (SSSR count). The van der Waals surface area contributed by atoms with Crippen LogP contribution in [0.15, 0.2) is 36.9 Å². The molecule has 1 aliphatic rings. The van der Waals surface area contributed by atoms with Crippen molar-refractivity contribution in [1.82, 2.24) is 19.4 Å². The van der Waals surface area contributed by atoms with Gasteiger partial charge in [-0.25, -0.2) is 4.98 Å². The van der Waals surface area contributed by atoms with Crippen LogP contribution in [0.2, 0.25) is 10.0 Å². The third-order valence-electron chi connectivity index (χ3n) is 4.20. The Kier molecular flexibility index (Phi) is 6.18. The second-order valence-corrected chi connectivity index (χ2v) is 6.73. The van der Waals surface area contributed by atoms with Crippen LogP contribution in [0.4, 0.5) is 0 Å². The van der Waals surface area contributed by atoms with E-state index in [0.29, 0.717) is 28.9 Å². The number of hydrogen-bond acceptors (Lipinski definition) is 4. The molecule has 1 amide bonds. The molecule has 0 bridgehead atoms. The number of piperazine rings is 1. The Bertz CT molecular complexity index is 701. The van der Waals surface area contributed by atoms with Crippen molar-refractivity contribution in [3.8, 4) is 5.75 Å². The van der Waals surface area contributed by atoms with E-state index in [0.717, 1.165) is 26.2 Å². The minimum atomic E-state index is -0.0275. The van der Waals surface area contributed by atoms with E-state index in [1.165, 1.54) is 0 Å². The van der Waals surface area contributed by atoms with E-state index in [1.807, 2.05) is 17.4 Å². The standard InChI is InChI=1S/C17H20Cl2N4O2/c18-14-1-2-16(15(19)11-14)25-12-17(24)23-9-7-21(8-10-23)5-6-22-4-3-20-13-22/h1-4,11,13H,5-10,12H2. The summed E-state index contributed by atoms with van der Waals surface area (Å²) in [4.78, 5) is 20.5. The molecule has 8 heteroatoms. The van der Waals surface area contributed by atoms with Gasteiger partial charge in [-0.3, -0.25) is 9.69 Å². The van der Waals surface area contributed by atoms with Crippen molar-refractivity contribution in [2.24, 2.45) is 0 Å². The zero-order valence-corrected chi connectivity index (χ0v) is 15.3. The highest BCUT2D eigenvalue weighted by Crippen LogP contribution is 2.27. The molecule has 0 spiro atoms. The maximum atomic E-state index is 12.3. The Labute approximate surface area is 156 Å². The molecular weight excluding hydrogens is 363 g/mol. The van der Waals surface area contributed by atoms with Gasteiger partial charge in [-0.1, -0.05) is 23.2 Å². The van der Waals surface area contributed by atoms with E-state index in [2.05, 4.69) is 14.5 Å². The van der Waals surface area contributed by atoms with Crippen molar-refractivity contribution in [2.75, 3.05) is 39.3 Å². The Morgan fingerprint density at radius 1 is 1.16 bits per heavy atom. The van der Waals surface area contributed by atoms with E-state index in [9.17, 15) is 4.79 Å². The van der Waals surface area contributed by atoms with Gasteiger partial charge < -0.3 is 14.2 Å². The first-order valence-electron chi connectivity index (χ1n) is 8.15. The molecule has 2 heterocycles. The van der Waals surface area contributed by atoms with Gasteiger partial charge in [0, 0.05) is 56.7 Å². The zero-order chi connectivity index (χ0) is 17.6. The quantitative estimate of drug-likeness (QED) is 0.769. The van der Waals surface area contributed by atoms with E-state index < -0.39 is 0 Å². The number of nitrogens with zero attached hydrogens (tertiary/aromatic N) is 4. The molecule has 134 valence electrons. The van der Waals surface area contributed by atoms with Crippen LogP contribution < -0.4 is 4.74 Å². The molecule has 0 aliphatic carbocycles.